The Bertz CT molecular complexity index is 294. The van der Waals surface area contributed by atoms with E-state index in [1.54, 1.807) is 0 Å². The van der Waals surface area contributed by atoms with Crippen molar-refractivity contribution in [1.29, 1.82) is 0 Å². The summed E-state index contributed by atoms with van der Waals surface area (Å²) in [7, 11) is 0. The van der Waals surface area contributed by atoms with Gasteiger partial charge in [-0.2, -0.15) is 0 Å². The van der Waals surface area contributed by atoms with Crippen LogP contribution in [-0.4, -0.2) is 13.2 Å². The highest BCUT2D eigenvalue weighted by Gasteiger charge is 1.95. The molecule has 18 heavy (non-hydrogen) atoms. The van der Waals surface area contributed by atoms with E-state index in [2.05, 4.69) is 31.3 Å². The molecule has 0 fully saturated rings. The van der Waals surface area contributed by atoms with Crippen molar-refractivity contribution >= 4 is 5.69 Å². The maximum atomic E-state index is 5.72. The third kappa shape index (κ3) is 6.53. The van der Waals surface area contributed by atoms with Crippen molar-refractivity contribution in [1.82, 2.24) is 0 Å². The zero-order valence-electron chi connectivity index (χ0n) is 11.9. The molecule has 102 valence electrons. The van der Waals surface area contributed by atoms with Crippen molar-refractivity contribution in [3.8, 4) is 5.75 Å². The number of ether oxygens (including phenoxy) is 1. The van der Waals surface area contributed by atoms with Gasteiger partial charge in [-0.1, -0.05) is 39.5 Å². The van der Waals surface area contributed by atoms with Crippen LogP contribution in [0.1, 0.15) is 52.4 Å². The molecule has 1 N–H and O–H groups in total. The Labute approximate surface area is 112 Å². The molecule has 0 aliphatic carbocycles. The predicted octanol–water partition coefficient (Wildman–Crippen LogP) is 4.86. The number of benzene rings is 1. The summed E-state index contributed by atoms with van der Waals surface area (Å²) in [6, 6.07) is 8.26. The highest BCUT2D eigenvalue weighted by Crippen LogP contribution is 2.16. The quantitative estimate of drug-likeness (QED) is 0.598. The third-order valence-corrected chi connectivity index (χ3v) is 2.95. The monoisotopic (exact) mass is 249 g/mol. The van der Waals surface area contributed by atoms with Crippen LogP contribution >= 0.6 is 0 Å². The van der Waals surface area contributed by atoms with Crippen LogP contribution in [-0.2, 0) is 0 Å². The Morgan fingerprint density at radius 2 is 1.61 bits per heavy atom. The minimum absolute atomic E-state index is 0.839. The molecule has 1 aromatic rings. The maximum Gasteiger partial charge on any atom is 0.119 e. The van der Waals surface area contributed by atoms with E-state index in [9.17, 15) is 0 Å². The van der Waals surface area contributed by atoms with Gasteiger partial charge in [0, 0.05) is 12.2 Å². The summed E-state index contributed by atoms with van der Waals surface area (Å²) in [5, 5.41) is 3.36. The Kier molecular flexibility index (Phi) is 8.11. The Morgan fingerprint density at radius 1 is 0.889 bits per heavy atom. The van der Waals surface area contributed by atoms with Gasteiger partial charge in [0.05, 0.1) is 6.61 Å². The summed E-state index contributed by atoms with van der Waals surface area (Å²) in [4.78, 5) is 0. The first-order chi connectivity index (χ1) is 8.86. The topological polar surface area (TPSA) is 21.3 Å². The van der Waals surface area contributed by atoms with Gasteiger partial charge >= 0.3 is 0 Å². The predicted molar refractivity (Wildman–Crippen MR) is 79.5 cm³/mol. The van der Waals surface area contributed by atoms with Gasteiger partial charge in [-0.3, -0.25) is 0 Å². The summed E-state index contributed by atoms with van der Waals surface area (Å²) in [6.07, 6.45) is 7.57. The van der Waals surface area contributed by atoms with Gasteiger partial charge in [-0.25, -0.2) is 0 Å². The van der Waals surface area contributed by atoms with Crippen LogP contribution in [0, 0.1) is 0 Å². The van der Waals surface area contributed by atoms with Crippen LogP contribution in [0.3, 0.4) is 0 Å². The van der Waals surface area contributed by atoms with Crippen molar-refractivity contribution in [2.45, 2.75) is 52.4 Å². The second-order valence-electron chi connectivity index (χ2n) is 4.71. The summed E-state index contributed by atoms with van der Waals surface area (Å²) in [5.74, 6) is 0.979. The Balaban J connectivity index is 2.14. The molecule has 0 bridgehead atoms. The first-order valence-corrected chi connectivity index (χ1v) is 7.33. The van der Waals surface area contributed by atoms with Crippen molar-refractivity contribution in [2.24, 2.45) is 0 Å². The maximum absolute atomic E-state index is 5.72. The van der Waals surface area contributed by atoms with Gasteiger partial charge in [0.15, 0.2) is 0 Å². The minimum atomic E-state index is 0.839. The van der Waals surface area contributed by atoms with Crippen LogP contribution < -0.4 is 10.1 Å². The Hall–Kier alpha value is -1.18. The second-order valence-corrected chi connectivity index (χ2v) is 4.71. The number of unbranched alkanes of at least 4 members (excludes halogenated alkanes) is 4. The van der Waals surface area contributed by atoms with Crippen LogP contribution in [0.25, 0.3) is 0 Å². The fourth-order valence-electron chi connectivity index (χ4n) is 1.83. The van der Waals surface area contributed by atoms with E-state index in [0.29, 0.717) is 0 Å². The molecule has 0 atom stereocenters. The summed E-state index contributed by atoms with van der Waals surface area (Å²) >= 11 is 0. The molecule has 2 heteroatoms. The van der Waals surface area contributed by atoms with Gasteiger partial charge in [0.25, 0.3) is 0 Å². The average Bonchev–Trinajstić information content (AvgIpc) is 2.42. The van der Waals surface area contributed by atoms with Crippen LogP contribution in [0.2, 0.25) is 0 Å². The summed E-state index contributed by atoms with van der Waals surface area (Å²) in [6.45, 7) is 6.27. The minimum Gasteiger partial charge on any atom is -0.494 e. The van der Waals surface area contributed by atoms with Gasteiger partial charge in [-0.05, 0) is 37.1 Å². The first-order valence-electron chi connectivity index (χ1n) is 7.33. The second kappa shape index (κ2) is 9.81. The van der Waals surface area contributed by atoms with E-state index in [-0.39, 0.29) is 0 Å². The standard InChI is InChI=1S/C16H27NO/c1-3-5-6-7-8-14-18-16-11-9-15(10-12-16)17-13-4-2/h9-12,17H,3-8,13-14H2,1-2H3. The highest BCUT2D eigenvalue weighted by atomic mass is 16.5. The normalized spacial score (nSPS) is 10.3. The molecule has 0 heterocycles. The number of hydrogen-bond acceptors (Lipinski definition) is 2. The number of anilines is 1. The molecule has 1 aromatic carbocycles. The summed E-state index contributed by atoms with van der Waals surface area (Å²) in [5.41, 5.74) is 1.17. The molecule has 2 nitrogen and oxygen atoms in total. The third-order valence-electron chi connectivity index (χ3n) is 2.95. The van der Waals surface area contributed by atoms with E-state index >= 15 is 0 Å². The zero-order chi connectivity index (χ0) is 13.1. The lowest BCUT2D eigenvalue weighted by Crippen LogP contribution is -2.00. The molecular formula is C16H27NO. The molecule has 0 saturated heterocycles. The molecule has 0 aromatic heterocycles. The lowest BCUT2D eigenvalue weighted by Gasteiger charge is -2.08. The molecule has 0 saturated carbocycles. The molecule has 0 amide bonds. The largest absolute Gasteiger partial charge is 0.494 e. The number of rotatable bonds is 10. The molecular weight excluding hydrogens is 222 g/mol. The van der Waals surface area contributed by atoms with Gasteiger partial charge in [0.1, 0.15) is 5.75 Å². The molecule has 0 unspecified atom stereocenters. The molecule has 1 rings (SSSR count). The van der Waals surface area contributed by atoms with Crippen molar-refractivity contribution in [2.75, 3.05) is 18.5 Å². The van der Waals surface area contributed by atoms with E-state index < -0.39 is 0 Å². The van der Waals surface area contributed by atoms with Crippen molar-refractivity contribution < 1.29 is 4.74 Å². The lowest BCUT2D eigenvalue weighted by molar-refractivity contribution is 0.304. The Morgan fingerprint density at radius 3 is 2.28 bits per heavy atom. The molecule has 0 aliphatic rings. The van der Waals surface area contributed by atoms with Crippen molar-refractivity contribution in [3.63, 3.8) is 0 Å². The number of nitrogens with one attached hydrogen (secondary N) is 1. The molecule has 0 aliphatic heterocycles. The fourth-order valence-corrected chi connectivity index (χ4v) is 1.83. The smallest absolute Gasteiger partial charge is 0.119 e. The highest BCUT2D eigenvalue weighted by molar-refractivity contribution is 5.46. The zero-order valence-corrected chi connectivity index (χ0v) is 11.9. The van der Waals surface area contributed by atoms with E-state index in [1.165, 1.54) is 31.4 Å². The SMILES string of the molecule is CCCCCCCOc1ccc(NCCC)cc1. The van der Waals surface area contributed by atoms with E-state index in [4.69, 9.17) is 4.74 Å². The van der Waals surface area contributed by atoms with Crippen LogP contribution in [0.4, 0.5) is 5.69 Å². The summed E-state index contributed by atoms with van der Waals surface area (Å²) < 4.78 is 5.72. The van der Waals surface area contributed by atoms with Gasteiger partial charge in [0.2, 0.25) is 0 Å². The van der Waals surface area contributed by atoms with Gasteiger partial charge in [-0.15, -0.1) is 0 Å². The lowest BCUT2D eigenvalue weighted by atomic mass is 10.2. The van der Waals surface area contributed by atoms with E-state index in [0.717, 1.165) is 31.7 Å². The van der Waals surface area contributed by atoms with Gasteiger partial charge < -0.3 is 10.1 Å². The van der Waals surface area contributed by atoms with Crippen molar-refractivity contribution in [3.05, 3.63) is 24.3 Å². The molecule has 0 radical (unpaired) electrons. The average molecular weight is 249 g/mol. The van der Waals surface area contributed by atoms with E-state index in [1.807, 2.05) is 12.1 Å². The fraction of sp³-hybridized carbons (Fsp3) is 0.625. The van der Waals surface area contributed by atoms with Crippen LogP contribution in [0.5, 0.6) is 5.75 Å². The first kappa shape index (κ1) is 14.9. The van der Waals surface area contributed by atoms with Crippen LogP contribution in [0.15, 0.2) is 24.3 Å². The number of hydrogen-bond donors (Lipinski definition) is 1. The molecule has 0 spiro atoms.